The first-order valence-electron chi connectivity index (χ1n) is 4.87. The SMILES string of the molecule is CCNC(CSc1ncns1)C(C)C. The van der Waals surface area contributed by atoms with Gasteiger partial charge in [0.2, 0.25) is 0 Å². The van der Waals surface area contributed by atoms with Gasteiger partial charge in [-0.15, -0.1) is 0 Å². The van der Waals surface area contributed by atoms with Crippen molar-refractivity contribution in [3.63, 3.8) is 0 Å². The molecule has 80 valence electrons. The molecular formula is C9H17N3S2. The van der Waals surface area contributed by atoms with Gasteiger partial charge in [-0.25, -0.2) is 4.98 Å². The van der Waals surface area contributed by atoms with Crippen LogP contribution in [0.5, 0.6) is 0 Å². The fourth-order valence-electron chi connectivity index (χ4n) is 1.14. The fraction of sp³-hybridized carbons (Fsp3) is 0.778. The van der Waals surface area contributed by atoms with E-state index < -0.39 is 0 Å². The van der Waals surface area contributed by atoms with Crippen LogP contribution in [0.2, 0.25) is 0 Å². The maximum absolute atomic E-state index is 4.15. The van der Waals surface area contributed by atoms with Gasteiger partial charge in [0.05, 0.1) is 0 Å². The van der Waals surface area contributed by atoms with Crippen LogP contribution in [0, 0.1) is 5.92 Å². The summed E-state index contributed by atoms with van der Waals surface area (Å²) in [5.41, 5.74) is 0. The fourth-order valence-corrected chi connectivity index (χ4v) is 2.91. The Bertz CT molecular complexity index is 236. The second-order valence-corrected chi connectivity index (χ2v) is 5.47. The van der Waals surface area contributed by atoms with Crippen molar-refractivity contribution in [2.45, 2.75) is 31.2 Å². The Morgan fingerprint density at radius 2 is 2.36 bits per heavy atom. The first-order valence-corrected chi connectivity index (χ1v) is 6.62. The molecule has 1 aromatic rings. The quantitative estimate of drug-likeness (QED) is 0.762. The smallest absolute Gasteiger partial charge is 0.169 e. The minimum Gasteiger partial charge on any atom is -0.313 e. The molecule has 0 saturated carbocycles. The van der Waals surface area contributed by atoms with Crippen LogP contribution in [0.1, 0.15) is 20.8 Å². The molecule has 0 spiro atoms. The Morgan fingerprint density at radius 1 is 1.57 bits per heavy atom. The molecule has 0 fully saturated rings. The Kier molecular flexibility index (Phi) is 5.44. The van der Waals surface area contributed by atoms with Gasteiger partial charge < -0.3 is 5.32 Å². The number of thioether (sulfide) groups is 1. The van der Waals surface area contributed by atoms with Crippen molar-refractivity contribution in [2.75, 3.05) is 12.3 Å². The van der Waals surface area contributed by atoms with Crippen molar-refractivity contribution in [3.05, 3.63) is 6.33 Å². The van der Waals surface area contributed by atoms with Crippen molar-refractivity contribution in [3.8, 4) is 0 Å². The average molecular weight is 231 g/mol. The van der Waals surface area contributed by atoms with E-state index in [1.165, 1.54) is 11.5 Å². The molecule has 14 heavy (non-hydrogen) atoms. The van der Waals surface area contributed by atoms with Crippen LogP contribution in [0.3, 0.4) is 0 Å². The number of hydrogen-bond donors (Lipinski definition) is 1. The Hall–Kier alpha value is -0.130. The molecular weight excluding hydrogens is 214 g/mol. The largest absolute Gasteiger partial charge is 0.313 e. The third-order valence-electron chi connectivity index (χ3n) is 2.00. The normalized spacial score (nSPS) is 13.4. The van der Waals surface area contributed by atoms with Gasteiger partial charge in [-0.1, -0.05) is 32.5 Å². The van der Waals surface area contributed by atoms with Crippen molar-refractivity contribution >= 4 is 23.3 Å². The lowest BCUT2D eigenvalue weighted by molar-refractivity contribution is 0.443. The highest BCUT2D eigenvalue weighted by atomic mass is 32.2. The second-order valence-electron chi connectivity index (χ2n) is 3.43. The van der Waals surface area contributed by atoms with Gasteiger partial charge in [-0.2, -0.15) is 4.37 Å². The molecule has 0 radical (unpaired) electrons. The summed E-state index contributed by atoms with van der Waals surface area (Å²) in [5, 5.41) is 3.48. The van der Waals surface area contributed by atoms with Crippen LogP contribution >= 0.6 is 23.3 Å². The van der Waals surface area contributed by atoms with Crippen LogP contribution < -0.4 is 5.32 Å². The number of nitrogens with one attached hydrogen (secondary N) is 1. The summed E-state index contributed by atoms with van der Waals surface area (Å²) in [6.45, 7) is 7.66. The maximum Gasteiger partial charge on any atom is 0.169 e. The van der Waals surface area contributed by atoms with E-state index in [1.54, 1.807) is 18.1 Å². The molecule has 3 nitrogen and oxygen atoms in total. The molecule has 0 aliphatic rings. The predicted octanol–water partition coefficient (Wildman–Crippen LogP) is 2.26. The van der Waals surface area contributed by atoms with Crippen molar-refractivity contribution in [1.29, 1.82) is 0 Å². The van der Waals surface area contributed by atoms with E-state index in [4.69, 9.17) is 0 Å². The summed E-state index contributed by atoms with van der Waals surface area (Å²) >= 11 is 3.25. The van der Waals surface area contributed by atoms with Gasteiger partial charge in [0.25, 0.3) is 0 Å². The minimum atomic E-state index is 0.564. The first kappa shape index (κ1) is 11.9. The molecule has 1 aromatic heterocycles. The van der Waals surface area contributed by atoms with Crippen LogP contribution in [-0.2, 0) is 0 Å². The lowest BCUT2D eigenvalue weighted by Crippen LogP contribution is -2.35. The van der Waals surface area contributed by atoms with E-state index >= 15 is 0 Å². The van der Waals surface area contributed by atoms with Crippen LogP contribution in [0.15, 0.2) is 10.7 Å². The highest BCUT2D eigenvalue weighted by molar-refractivity contribution is 8.00. The molecule has 1 heterocycles. The summed E-state index contributed by atoms with van der Waals surface area (Å²) in [6, 6.07) is 0.564. The molecule has 1 unspecified atom stereocenters. The Morgan fingerprint density at radius 3 is 2.86 bits per heavy atom. The van der Waals surface area contributed by atoms with E-state index in [0.29, 0.717) is 12.0 Å². The van der Waals surface area contributed by atoms with E-state index in [0.717, 1.165) is 16.6 Å². The molecule has 1 rings (SSSR count). The number of aromatic nitrogens is 2. The molecule has 1 atom stereocenters. The third kappa shape index (κ3) is 3.94. The summed E-state index contributed by atoms with van der Waals surface area (Å²) in [4.78, 5) is 4.15. The number of nitrogens with zero attached hydrogens (tertiary/aromatic N) is 2. The van der Waals surface area contributed by atoms with Crippen molar-refractivity contribution < 1.29 is 0 Å². The predicted molar refractivity (Wildman–Crippen MR) is 62.9 cm³/mol. The zero-order valence-corrected chi connectivity index (χ0v) is 10.5. The summed E-state index contributed by atoms with van der Waals surface area (Å²) in [5.74, 6) is 1.73. The van der Waals surface area contributed by atoms with Crippen molar-refractivity contribution in [2.24, 2.45) is 5.92 Å². The monoisotopic (exact) mass is 231 g/mol. The molecule has 0 aliphatic heterocycles. The third-order valence-corrected chi connectivity index (χ3v) is 3.92. The number of hydrogen-bond acceptors (Lipinski definition) is 5. The van der Waals surface area contributed by atoms with Gasteiger partial charge >= 0.3 is 0 Å². The van der Waals surface area contributed by atoms with Gasteiger partial charge in [-0.05, 0) is 24.0 Å². The van der Waals surface area contributed by atoms with E-state index in [9.17, 15) is 0 Å². The standard InChI is InChI=1S/C9H17N3S2/c1-4-10-8(7(2)3)5-13-9-11-6-12-14-9/h6-8,10H,4-5H2,1-3H3. The Balaban J connectivity index is 2.33. The lowest BCUT2D eigenvalue weighted by Gasteiger charge is -2.20. The average Bonchev–Trinajstić information content (AvgIpc) is 2.64. The molecule has 0 saturated heterocycles. The van der Waals surface area contributed by atoms with Crippen LogP contribution in [0.4, 0.5) is 0 Å². The van der Waals surface area contributed by atoms with Gasteiger partial charge in [0.15, 0.2) is 4.34 Å². The van der Waals surface area contributed by atoms with Gasteiger partial charge in [-0.3, -0.25) is 0 Å². The molecule has 5 heteroatoms. The van der Waals surface area contributed by atoms with E-state index in [-0.39, 0.29) is 0 Å². The topological polar surface area (TPSA) is 37.8 Å². The Labute approximate surface area is 93.9 Å². The molecule has 0 aliphatic carbocycles. The van der Waals surface area contributed by atoms with E-state index in [1.807, 2.05) is 0 Å². The van der Waals surface area contributed by atoms with E-state index in [2.05, 4.69) is 35.4 Å². The highest BCUT2D eigenvalue weighted by Gasteiger charge is 2.12. The molecule has 0 aromatic carbocycles. The second kappa shape index (κ2) is 6.37. The minimum absolute atomic E-state index is 0.564. The zero-order valence-electron chi connectivity index (χ0n) is 8.86. The van der Waals surface area contributed by atoms with Gasteiger partial charge in [0.1, 0.15) is 6.33 Å². The summed E-state index contributed by atoms with van der Waals surface area (Å²) in [7, 11) is 0. The molecule has 1 N–H and O–H groups in total. The highest BCUT2D eigenvalue weighted by Crippen LogP contribution is 2.20. The maximum atomic E-state index is 4.15. The summed E-state index contributed by atoms with van der Waals surface area (Å²) in [6.07, 6.45) is 1.62. The number of rotatable bonds is 6. The van der Waals surface area contributed by atoms with Crippen molar-refractivity contribution in [1.82, 2.24) is 14.7 Å². The molecule has 0 bridgehead atoms. The van der Waals surface area contributed by atoms with Crippen LogP contribution in [-0.4, -0.2) is 27.7 Å². The van der Waals surface area contributed by atoms with Gasteiger partial charge in [0, 0.05) is 11.8 Å². The first-order chi connectivity index (χ1) is 6.74. The zero-order chi connectivity index (χ0) is 10.4. The van der Waals surface area contributed by atoms with Crippen LogP contribution in [0.25, 0.3) is 0 Å². The summed E-state index contributed by atoms with van der Waals surface area (Å²) < 4.78 is 5.04. The lowest BCUT2D eigenvalue weighted by atomic mass is 10.1. The molecule has 0 amide bonds.